The number of nitrogens with one attached hydrogen (secondary N) is 1. The highest BCUT2D eigenvalue weighted by atomic mass is 79.9. The highest BCUT2D eigenvalue weighted by Crippen LogP contribution is 2.22. The second-order valence-electron chi connectivity index (χ2n) is 4.40. The first-order chi connectivity index (χ1) is 7.99. The molecule has 1 aliphatic heterocycles. The molecular weight excluding hydrogens is 306 g/mol. The molecule has 96 valence electrons. The average molecular weight is 322 g/mol. The van der Waals surface area contributed by atoms with Crippen LogP contribution in [0.2, 0.25) is 0 Å². The van der Waals surface area contributed by atoms with Crippen LogP contribution >= 0.6 is 15.9 Å². The van der Waals surface area contributed by atoms with E-state index in [-0.39, 0.29) is 11.3 Å². The van der Waals surface area contributed by atoms with Gasteiger partial charge in [0.2, 0.25) is 0 Å². The smallest absolute Gasteiger partial charge is 0.169 e. The number of hydrogen-bond acceptors (Lipinski definition) is 4. The van der Waals surface area contributed by atoms with Crippen LogP contribution in [0.25, 0.3) is 0 Å². The molecule has 6 heteroatoms. The number of halogens is 1. The lowest BCUT2D eigenvalue weighted by atomic mass is 10.2. The molecule has 1 fully saturated rings. The van der Waals surface area contributed by atoms with Crippen LogP contribution < -0.4 is 5.32 Å². The van der Waals surface area contributed by atoms with Gasteiger partial charge in [0.25, 0.3) is 0 Å². The Morgan fingerprint density at radius 2 is 2.35 bits per heavy atom. The van der Waals surface area contributed by atoms with Gasteiger partial charge in [0.05, 0.1) is 17.0 Å². The van der Waals surface area contributed by atoms with E-state index in [0.717, 1.165) is 18.6 Å². The highest BCUT2D eigenvalue weighted by molar-refractivity contribution is 9.10. The minimum absolute atomic E-state index is 0.0251. The van der Waals surface area contributed by atoms with Crippen LogP contribution in [0, 0.1) is 0 Å². The van der Waals surface area contributed by atoms with Crippen LogP contribution in [0.1, 0.15) is 31.6 Å². The fourth-order valence-corrected chi connectivity index (χ4v) is 4.15. The predicted molar refractivity (Wildman–Crippen MR) is 69.6 cm³/mol. The van der Waals surface area contributed by atoms with Gasteiger partial charge >= 0.3 is 0 Å². The Morgan fingerprint density at radius 3 is 2.88 bits per heavy atom. The first-order valence-electron chi connectivity index (χ1n) is 5.69. The zero-order valence-electron chi connectivity index (χ0n) is 9.65. The molecule has 2 rings (SSSR count). The van der Waals surface area contributed by atoms with Gasteiger partial charge in [-0.2, -0.15) is 0 Å². The minimum Gasteiger partial charge on any atom is -0.453 e. The van der Waals surface area contributed by atoms with Crippen LogP contribution in [0.4, 0.5) is 0 Å². The summed E-state index contributed by atoms with van der Waals surface area (Å²) in [5, 5.41) is 2.98. The Labute approximate surface area is 110 Å². The lowest BCUT2D eigenvalue weighted by Gasteiger charge is -2.15. The van der Waals surface area contributed by atoms with E-state index < -0.39 is 9.84 Å². The van der Waals surface area contributed by atoms with Gasteiger partial charge in [0.1, 0.15) is 5.76 Å². The van der Waals surface area contributed by atoms with Gasteiger partial charge < -0.3 is 9.73 Å². The third kappa shape index (κ3) is 3.11. The molecule has 1 aliphatic rings. The van der Waals surface area contributed by atoms with Crippen LogP contribution in [-0.4, -0.2) is 26.0 Å². The summed E-state index contributed by atoms with van der Waals surface area (Å²) in [6, 6.07) is 3.74. The Kier molecular flexibility index (Phi) is 3.95. The number of furan rings is 1. The molecule has 2 unspecified atom stereocenters. The molecule has 2 atom stereocenters. The van der Waals surface area contributed by atoms with Crippen molar-refractivity contribution in [2.45, 2.75) is 31.1 Å². The molecule has 0 spiro atoms. The van der Waals surface area contributed by atoms with Crippen molar-refractivity contribution in [2.75, 3.05) is 12.3 Å². The third-order valence-corrected chi connectivity index (χ3v) is 5.84. The fourth-order valence-electron chi connectivity index (χ4n) is 2.06. The molecule has 0 saturated carbocycles. The van der Waals surface area contributed by atoms with Crippen molar-refractivity contribution < 1.29 is 12.8 Å². The van der Waals surface area contributed by atoms with Crippen molar-refractivity contribution in [1.82, 2.24) is 5.32 Å². The van der Waals surface area contributed by atoms with Gasteiger partial charge in [-0.05, 0) is 47.8 Å². The third-order valence-electron chi connectivity index (χ3n) is 3.14. The van der Waals surface area contributed by atoms with Gasteiger partial charge in [-0.15, -0.1) is 0 Å². The van der Waals surface area contributed by atoms with E-state index in [1.165, 1.54) is 0 Å². The predicted octanol–water partition coefficient (Wildman–Crippen LogP) is 2.27. The average Bonchev–Trinajstić information content (AvgIpc) is 2.81. The Hall–Kier alpha value is -0.330. The van der Waals surface area contributed by atoms with E-state index in [0.29, 0.717) is 17.0 Å². The molecule has 1 aromatic heterocycles. The molecule has 0 bridgehead atoms. The van der Waals surface area contributed by atoms with E-state index in [1.54, 1.807) is 0 Å². The molecule has 0 amide bonds. The van der Waals surface area contributed by atoms with Crippen LogP contribution in [-0.2, 0) is 9.84 Å². The first-order valence-corrected chi connectivity index (χ1v) is 8.20. The van der Waals surface area contributed by atoms with Gasteiger partial charge in [-0.25, -0.2) is 8.42 Å². The zero-order chi connectivity index (χ0) is 12.5. The second kappa shape index (κ2) is 5.12. The maximum Gasteiger partial charge on any atom is 0.169 e. The van der Waals surface area contributed by atoms with Gasteiger partial charge in [0, 0.05) is 6.54 Å². The largest absolute Gasteiger partial charge is 0.453 e. The van der Waals surface area contributed by atoms with E-state index in [9.17, 15) is 8.42 Å². The summed E-state index contributed by atoms with van der Waals surface area (Å²) < 4.78 is 29.4. The fraction of sp³-hybridized carbons (Fsp3) is 0.636. The quantitative estimate of drug-likeness (QED) is 0.924. The van der Waals surface area contributed by atoms with Crippen molar-refractivity contribution in [3.8, 4) is 0 Å². The minimum atomic E-state index is -2.86. The molecular formula is C11H16BrNO3S. The summed E-state index contributed by atoms with van der Waals surface area (Å²) in [6.07, 6.45) is 1.55. The normalized spacial score (nSPS) is 24.9. The van der Waals surface area contributed by atoms with Gasteiger partial charge in [0.15, 0.2) is 14.5 Å². The Balaban J connectivity index is 1.90. The summed E-state index contributed by atoms with van der Waals surface area (Å²) >= 11 is 3.25. The second-order valence-corrected chi connectivity index (χ2v) is 7.59. The zero-order valence-corrected chi connectivity index (χ0v) is 12.1. The van der Waals surface area contributed by atoms with E-state index in [4.69, 9.17) is 4.42 Å². The molecule has 0 radical (unpaired) electrons. The number of sulfone groups is 1. The Morgan fingerprint density at radius 1 is 1.59 bits per heavy atom. The van der Waals surface area contributed by atoms with Crippen molar-refractivity contribution >= 4 is 25.8 Å². The van der Waals surface area contributed by atoms with Gasteiger partial charge in [-0.1, -0.05) is 0 Å². The Bertz CT molecular complexity index is 483. The molecule has 1 aromatic rings. The number of rotatable bonds is 4. The van der Waals surface area contributed by atoms with E-state index in [2.05, 4.69) is 21.2 Å². The molecule has 17 heavy (non-hydrogen) atoms. The van der Waals surface area contributed by atoms with Crippen LogP contribution in [0.3, 0.4) is 0 Å². The van der Waals surface area contributed by atoms with Gasteiger partial charge in [-0.3, -0.25) is 0 Å². The number of hydrogen-bond donors (Lipinski definition) is 1. The van der Waals surface area contributed by atoms with E-state index >= 15 is 0 Å². The summed E-state index contributed by atoms with van der Waals surface area (Å²) in [7, 11) is -2.86. The standard InChI is InChI=1S/C11H16BrNO3S/c1-8(10-4-5-11(12)16-10)13-7-9-3-2-6-17(9,14)15/h4-5,8-9,13H,2-3,6-7H2,1H3. The monoisotopic (exact) mass is 321 g/mol. The van der Waals surface area contributed by atoms with Crippen LogP contribution in [0.5, 0.6) is 0 Å². The summed E-state index contributed by atoms with van der Waals surface area (Å²) in [5.74, 6) is 1.15. The van der Waals surface area contributed by atoms with E-state index in [1.807, 2.05) is 19.1 Å². The topological polar surface area (TPSA) is 59.3 Å². The molecule has 2 heterocycles. The maximum atomic E-state index is 11.6. The molecule has 0 aromatic carbocycles. The molecule has 0 aliphatic carbocycles. The SMILES string of the molecule is CC(NCC1CCCS1(=O)=O)c1ccc(Br)o1. The lowest BCUT2D eigenvalue weighted by molar-refractivity contribution is 0.416. The lowest BCUT2D eigenvalue weighted by Crippen LogP contribution is -2.32. The molecule has 1 N–H and O–H groups in total. The van der Waals surface area contributed by atoms with Crippen molar-refractivity contribution in [2.24, 2.45) is 0 Å². The van der Waals surface area contributed by atoms with Crippen LogP contribution in [0.15, 0.2) is 21.2 Å². The highest BCUT2D eigenvalue weighted by Gasteiger charge is 2.31. The first kappa shape index (κ1) is 13.1. The van der Waals surface area contributed by atoms with Crippen molar-refractivity contribution in [3.63, 3.8) is 0 Å². The molecule has 4 nitrogen and oxygen atoms in total. The maximum absolute atomic E-state index is 11.6. The van der Waals surface area contributed by atoms with Crippen molar-refractivity contribution in [3.05, 3.63) is 22.6 Å². The summed E-state index contributed by atoms with van der Waals surface area (Å²) in [6.45, 7) is 2.47. The summed E-state index contributed by atoms with van der Waals surface area (Å²) in [4.78, 5) is 0. The molecule has 1 saturated heterocycles. The summed E-state index contributed by atoms with van der Waals surface area (Å²) in [5.41, 5.74) is 0. The van der Waals surface area contributed by atoms with Crippen molar-refractivity contribution in [1.29, 1.82) is 0 Å².